The third-order valence-corrected chi connectivity index (χ3v) is 2.87. The topological polar surface area (TPSA) is 29.5 Å². The molecule has 0 aromatic heterocycles. The fraction of sp³-hybridized carbons (Fsp3) is 0.462. The smallest absolute Gasteiger partial charge is 0.219 e. The van der Waals surface area contributed by atoms with Gasteiger partial charge in [0.1, 0.15) is 5.75 Å². The standard InChI is InChI=1S/C13H19NO2/c1-10(14(3)11(2)15)9-12-7-5-6-8-13(12)16-4/h5-8,10H,9H2,1-4H3. The zero-order chi connectivity index (χ0) is 12.1. The minimum absolute atomic E-state index is 0.0856. The first-order chi connectivity index (χ1) is 7.56. The van der Waals surface area contributed by atoms with Crippen molar-refractivity contribution in [3.8, 4) is 5.75 Å². The van der Waals surface area contributed by atoms with E-state index in [0.29, 0.717) is 0 Å². The third kappa shape index (κ3) is 2.99. The summed E-state index contributed by atoms with van der Waals surface area (Å²) in [5.41, 5.74) is 1.13. The molecule has 0 N–H and O–H groups in total. The molecule has 1 aromatic rings. The molecule has 0 saturated carbocycles. The van der Waals surface area contributed by atoms with Crippen LogP contribution >= 0.6 is 0 Å². The molecule has 0 spiro atoms. The van der Waals surface area contributed by atoms with E-state index in [1.807, 2.05) is 38.2 Å². The van der Waals surface area contributed by atoms with Gasteiger partial charge in [-0.3, -0.25) is 4.79 Å². The normalized spacial score (nSPS) is 12.0. The molecule has 0 radical (unpaired) electrons. The highest BCUT2D eigenvalue weighted by atomic mass is 16.5. The fourth-order valence-corrected chi connectivity index (χ4v) is 1.64. The largest absolute Gasteiger partial charge is 0.496 e. The lowest BCUT2D eigenvalue weighted by atomic mass is 10.1. The Hall–Kier alpha value is -1.51. The maximum Gasteiger partial charge on any atom is 0.219 e. The van der Waals surface area contributed by atoms with E-state index in [0.717, 1.165) is 17.7 Å². The molecule has 1 atom stereocenters. The van der Waals surface area contributed by atoms with E-state index in [-0.39, 0.29) is 11.9 Å². The van der Waals surface area contributed by atoms with Gasteiger partial charge in [-0.25, -0.2) is 0 Å². The average Bonchev–Trinajstić information content (AvgIpc) is 2.28. The lowest BCUT2D eigenvalue weighted by Gasteiger charge is -2.24. The minimum Gasteiger partial charge on any atom is -0.496 e. The van der Waals surface area contributed by atoms with Gasteiger partial charge in [-0.2, -0.15) is 0 Å². The van der Waals surface area contributed by atoms with Crippen molar-refractivity contribution in [1.29, 1.82) is 0 Å². The van der Waals surface area contributed by atoms with Crippen LogP contribution in [0, 0.1) is 0 Å². The van der Waals surface area contributed by atoms with Gasteiger partial charge >= 0.3 is 0 Å². The molecule has 0 fully saturated rings. The molecule has 0 bridgehead atoms. The van der Waals surface area contributed by atoms with Crippen LogP contribution in [0.3, 0.4) is 0 Å². The predicted molar refractivity (Wildman–Crippen MR) is 64.6 cm³/mol. The Labute approximate surface area is 97.0 Å². The van der Waals surface area contributed by atoms with Gasteiger partial charge in [0.25, 0.3) is 0 Å². The number of methoxy groups -OCH3 is 1. The van der Waals surface area contributed by atoms with E-state index in [4.69, 9.17) is 4.74 Å². The van der Waals surface area contributed by atoms with Gasteiger partial charge in [0.2, 0.25) is 5.91 Å². The molecule has 1 amide bonds. The average molecular weight is 221 g/mol. The maximum absolute atomic E-state index is 11.2. The van der Waals surface area contributed by atoms with E-state index in [1.54, 1.807) is 18.9 Å². The number of carbonyl (C=O) groups is 1. The molecule has 0 aliphatic carbocycles. The van der Waals surface area contributed by atoms with Crippen LogP contribution in [-0.2, 0) is 11.2 Å². The molecular weight excluding hydrogens is 202 g/mol. The Balaban J connectivity index is 2.76. The van der Waals surface area contributed by atoms with Crippen LogP contribution in [0.15, 0.2) is 24.3 Å². The molecule has 3 heteroatoms. The van der Waals surface area contributed by atoms with Crippen LogP contribution in [-0.4, -0.2) is 31.0 Å². The lowest BCUT2D eigenvalue weighted by Crippen LogP contribution is -2.34. The molecule has 3 nitrogen and oxygen atoms in total. The number of ether oxygens (including phenoxy) is 1. The van der Waals surface area contributed by atoms with Gasteiger partial charge < -0.3 is 9.64 Å². The van der Waals surface area contributed by atoms with Crippen LogP contribution in [0.2, 0.25) is 0 Å². The molecule has 1 aromatic carbocycles. The van der Waals surface area contributed by atoms with E-state index < -0.39 is 0 Å². The number of carbonyl (C=O) groups excluding carboxylic acids is 1. The lowest BCUT2D eigenvalue weighted by molar-refractivity contribution is -0.129. The van der Waals surface area contributed by atoms with Crippen molar-refractivity contribution < 1.29 is 9.53 Å². The van der Waals surface area contributed by atoms with Gasteiger partial charge in [-0.15, -0.1) is 0 Å². The Morgan fingerprint density at radius 1 is 1.44 bits per heavy atom. The maximum atomic E-state index is 11.2. The molecule has 16 heavy (non-hydrogen) atoms. The summed E-state index contributed by atoms with van der Waals surface area (Å²) in [6.45, 7) is 3.62. The first-order valence-electron chi connectivity index (χ1n) is 5.41. The minimum atomic E-state index is 0.0856. The molecule has 0 aliphatic heterocycles. The number of rotatable bonds is 4. The van der Waals surface area contributed by atoms with Gasteiger partial charge in [0.15, 0.2) is 0 Å². The van der Waals surface area contributed by atoms with Crippen LogP contribution < -0.4 is 4.74 Å². The second kappa shape index (κ2) is 5.54. The Morgan fingerprint density at radius 3 is 2.62 bits per heavy atom. The summed E-state index contributed by atoms with van der Waals surface area (Å²) in [4.78, 5) is 13.0. The van der Waals surface area contributed by atoms with Gasteiger partial charge in [-0.05, 0) is 25.0 Å². The SMILES string of the molecule is COc1ccccc1CC(C)N(C)C(C)=O. The quantitative estimate of drug-likeness (QED) is 0.779. The summed E-state index contributed by atoms with van der Waals surface area (Å²) in [7, 11) is 3.49. The summed E-state index contributed by atoms with van der Waals surface area (Å²) < 4.78 is 5.28. The summed E-state index contributed by atoms with van der Waals surface area (Å²) in [6, 6.07) is 8.08. The van der Waals surface area contributed by atoms with Crippen molar-refractivity contribution in [3.63, 3.8) is 0 Å². The van der Waals surface area contributed by atoms with E-state index in [1.165, 1.54) is 0 Å². The first kappa shape index (κ1) is 12.6. The summed E-state index contributed by atoms with van der Waals surface area (Å²) in [5.74, 6) is 0.966. The molecule has 0 heterocycles. The number of likely N-dealkylation sites (N-methyl/N-ethyl adjacent to an activating group) is 1. The zero-order valence-electron chi connectivity index (χ0n) is 10.4. The Kier molecular flexibility index (Phi) is 4.35. The molecule has 0 saturated heterocycles. The summed E-state index contributed by atoms with van der Waals surface area (Å²) >= 11 is 0. The number of amides is 1. The van der Waals surface area contributed by atoms with Gasteiger partial charge in [0.05, 0.1) is 7.11 Å². The van der Waals surface area contributed by atoms with Crippen molar-refractivity contribution in [3.05, 3.63) is 29.8 Å². The number of nitrogens with zero attached hydrogens (tertiary/aromatic N) is 1. The fourth-order valence-electron chi connectivity index (χ4n) is 1.64. The monoisotopic (exact) mass is 221 g/mol. The van der Waals surface area contributed by atoms with Crippen LogP contribution in [0.1, 0.15) is 19.4 Å². The predicted octanol–water partition coefficient (Wildman–Crippen LogP) is 2.10. The number of benzene rings is 1. The molecule has 1 unspecified atom stereocenters. The first-order valence-corrected chi connectivity index (χ1v) is 5.41. The zero-order valence-corrected chi connectivity index (χ0v) is 10.4. The van der Waals surface area contributed by atoms with Crippen molar-refractivity contribution in [2.45, 2.75) is 26.3 Å². The second-order valence-electron chi connectivity index (χ2n) is 3.99. The molecular formula is C13H19NO2. The van der Waals surface area contributed by atoms with Crippen molar-refractivity contribution in [2.75, 3.05) is 14.2 Å². The number of hydrogen-bond donors (Lipinski definition) is 0. The van der Waals surface area contributed by atoms with Crippen LogP contribution in [0.4, 0.5) is 0 Å². The van der Waals surface area contributed by atoms with Crippen LogP contribution in [0.5, 0.6) is 5.75 Å². The third-order valence-electron chi connectivity index (χ3n) is 2.87. The summed E-state index contributed by atoms with van der Waals surface area (Å²) in [5, 5.41) is 0. The van der Waals surface area contributed by atoms with Crippen molar-refractivity contribution in [1.82, 2.24) is 4.90 Å². The van der Waals surface area contributed by atoms with Gasteiger partial charge in [-0.1, -0.05) is 18.2 Å². The van der Waals surface area contributed by atoms with E-state index >= 15 is 0 Å². The van der Waals surface area contributed by atoms with Crippen LogP contribution in [0.25, 0.3) is 0 Å². The number of para-hydroxylation sites is 1. The highest BCUT2D eigenvalue weighted by Gasteiger charge is 2.14. The molecule has 0 aliphatic rings. The number of hydrogen-bond acceptors (Lipinski definition) is 2. The van der Waals surface area contributed by atoms with E-state index in [2.05, 4.69) is 0 Å². The second-order valence-corrected chi connectivity index (χ2v) is 3.99. The molecule has 1 rings (SSSR count). The highest BCUT2D eigenvalue weighted by Crippen LogP contribution is 2.20. The molecule has 88 valence electrons. The van der Waals surface area contributed by atoms with Gasteiger partial charge in [0, 0.05) is 20.0 Å². The highest BCUT2D eigenvalue weighted by molar-refractivity contribution is 5.73. The van der Waals surface area contributed by atoms with E-state index in [9.17, 15) is 4.79 Å². The van der Waals surface area contributed by atoms with Crippen molar-refractivity contribution in [2.24, 2.45) is 0 Å². The van der Waals surface area contributed by atoms with Crippen molar-refractivity contribution >= 4 is 5.91 Å². The summed E-state index contributed by atoms with van der Waals surface area (Å²) in [6.07, 6.45) is 0.806. The Bertz CT molecular complexity index is 363. The Morgan fingerprint density at radius 2 is 2.06 bits per heavy atom.